The number of ketones is 1. The number of Topliss-reactive ketones (excluding diaryl/α,β-unsaturated/α-hetero) is 1. The van der Waals surface area contributed by atoms with Gasteiger partial charge < -0.3 is 4.42 Å². The molecule has 2 rings (SSSR count). The van der Waals surface area contributed by atoms with Gasteiger partial charge in [-0.25, -0.2) is 0 Å². The number of carbonyl (C=O) groups excluding carboxylic acids is 1. The van der Waals surface area contributed by atoms with Crippen molar-refractivity contribution in [3.05, 3.63) is 22.6 Å². The van der Waals surface area contributed by atoms with Crippen LogP contribution < -0.4 is 0 Å². The second-order valence-corrected chi connectivity index (χ2v) is 5.94. The van der Waals surface area contributed by atoms with E-state index < -0.39 is 0 Å². The molecule has 1 aromatic rings. The maximum Gasteiger partial charge on any atom is 0.183 e. The topological polar surface area (TPSA) is 30.2 Å². The van der Waals surface area contributed by atoms with Crippen molar-refractivity contribution in [1.82, 2.24) is 0 Å². The normalized spacial score (nSPS) is 26.7. The van der Waals surface area contributed by atoms with Crippen molar-refractivity contribution in [3.63, 3.8) is 0 Å². The van der Waals surface area contributed by atoms with E-state index in [0.717, 1.165) is 18.6 Å². The summed E-state index contributed by atoms with van der Waals surface area (Å²) in [6.07, 6.45) is 3.64. The van der Waals surface area contributed by atoms with E-state index in [1.54, 1.807) is 24.1 Å². The molecular weight excluding hydrogens is 264 g/mol. The van der Waals surface area contributed by atoms with Gasteiger partial charge in [0.15, 0.2) is 10.5 Å². The van der Waals surface area contributed by atoms with Crippen LogP contribution in [0.15, 0.2) is 21.4 Å². The van der Waals surface area contributed by atoms with Crippen molar-refractivity contribution in [2.45, 2.75) is 24.5 Å². The van der Waals surface area contributed by atoms with Gasteiger partial charge in [-0.15, -0.1) is 11.8 Å². The van der Waals surface area contributed by atoms with E-state index >= 15 is 0 Å². The maximum atomic E-state index is 12.1. The first-order valence-electron chi connectivity index (χ1n) is 4.55. The predicted molar refractivity (Wildman–Crippen MR) is 60.8 cm³/mol. The molecule has 14 heavy (non-hydrogen) atoms. The fourth-order valence-corrected chi connectivity index (χ4v) is 3.39. The highest BCUT2D eigenvalue weighted by Gasteiger charge is 2.38. The smallest absolute Gasteiger partial charge is 0.183 e. The number of hydrogen-bond donors (Lipinski definition) is 0. The lowest BCUT2D eigenvalue weighted by molar-refractivity contribution is 0.0947. The van der Waals surface area contributed by atoms with Crippen molar-refractivity contribution in [3.8, 4) is 0 Å². The minimum absolute atomic E-state index is 0.181. The third-order valence-electron chi connectivity index (χ3n) is 2.56. The van der Waals surface area contributed by atoms with Gasteiger partial charge in [-0.2, -0.15) is 0 Å². The lowest BCUT2D eigenvalue weighted by atomic mass is 9.96. The largest absolute Gasteiger partial charge is 0.457 e. The van der Waals surface area contributed by atoms with Crippen LogP contribution in [0.3, 0.4) is 0 Å². The van der Waals surface area contributed by atoms with Crippen LogP contribution in [-0.2, 0) is 0 Å². The molecule has 0 amide bonds. The third-order valence-corrected chi connectivity index (χ3v) is 4.70. The molecule has 1 atom stereocenters. The van der Waals surface area contributed by atoms with Gasteiger partial charge in [-0.1, -0.05) is 0 Å². The molecule has 2 heterocycles. The summed E-state index contributed by atoms with van der Waals surface area (Å²) >= 11 is 4.99. The highest BCUT2D eigenvalue weighted by atomic mass is 79.9. The van der Waals surface area contributed by atoms with Gasteiger partial charge in [0, 0.05) is 0 Å². The summed E-state index contributed by atoms with van der Waals surface area (Å²) in [4.78, 5) is 12.1. The Morgan fingerprint density at radius 1 is 1.71 bits per heavy atom. The van der Waals surface area contributed by atoms with Crippen molar-refractivity contribution in [2.75, 3.05) is 5.75 Å². The van der Waals surface area contributed by atoms with Crippen LogP contribution in [0.25, 0.3) is 0 Å². The Bertz CT molecular complexity index is 353. The van der Waals surface area contributed by atoms with E-state index in [0.29, 0.717) is 10.2 Å². The number of thioether (sulfide) groups is 1. The summed E-state index contributed by atoms with van der Waals surface area (Å²) in [6, 6.07) is 1.73. The molecule has 0 spiro atoms. The van der Waals surface area contributed by atoms with Gasteiger partial charge in [-0.05, 0) is 47.5 Å². The minimum Gasteiger partial charge on any atom is -0.457 e. The van der Waals surface area contributed by atoms with Gasteiger partial charge in [-0.3, -0.25) is 4.79 Å². The molecule has 0 saturated carbocycles. The summed E-state index contributed by atoms with van der Waals surface area (Å²) in [5, 5.41) is 0. The standard InChI is InChI=1S/C10H11BrO2S/c1-10(4-2-6-14-10)8(12)7-3-5-13-9(7)11/h3,5H,2,4,6H2,1H3. The molecule has 0 radical (unpaired) electrons. The van der Waals surface area contributed by atoms with E-state index in [4.69, 9.17) is 4.42 Å². The van der Waals surface area contributed by atoms with Crippen LogP contribution in [0, 0.1) is 0 Å². The first-order valence-corrected chi connectivity index (χ1v) is 6.33. The Morgan fingerprint density at radius 3 is 3.00 bits per heavy atom. The SMILES string of the molecule is CC1(C(=O)c2ccoc2Br)CCCS1. The van der Waals surface area contributed by atoms with E-state index in [1.807, 2.05) is 6.92 Å². The Kier molecular flexibility index (Phi) is 2.75. The van der Waals surface area contributed by atoms with Crippen molar-refractivity contribution >= 4 is 33.5 Å². The summed E-state index contributed by atoms with van der Waals surface area (Å²) < 4.78 is 5.39. The maximum absolute atomic E-state index is 12.1. The zero-order valence-corrected chi connectivity index (χ0v) is 10.3. The van der Waals surface area contributed by atoms with Crippen LogP contribution in [0.5, 0.6) is 0 Å². The molecule has 1 aromatic heterocycles. The first kappa shape index (κ1) is 10.3. The average Bonchev–Trinajstić information content (AvgIpc) is 2.74. The Hall–Kier alpha value is -0.220. The molecular formula is C10H11BrO2S. The van der Waals surface area contributed by atoms with Crippen molar-refractivity contribution in [2.24, 2.45) is 0 Å². The molecule has 1 fully saturated rings. The van der Waals surface area contributed by atoms with E-state index in [9.17, 15) is 4.79 Å². The monoisotopic (exact) mass is 274 g/mol. The van der Waals surface area contributed by atoms with Crippen LogP contribution in [-0.4, -0.2) is 16.3 Å². The molecule has 1 aliphatic rings. The van der Waals surface area contributed by atoms with Crippen LogP contribution in [0.1, 0.15) is 30.1 Å². The highest BCUT2D eigenvalue weighted by Crippen LogP contribution is 2.41. The molecule has 1 unspecified atom stereocenters. The Balaban J connectivity index is 2.28. The number of rotatable bonds is 2. The molecule has 4 heteroatoms. The number of furan rings is 1. The lowest BCUT2D eigenvalue weighted by Gasteiger charge is -2.19. The Morgan fingerprint density at radius 2 is 2.50 bits per heavy atom. The van der Waals surface area contributed by atoms with Crippen molar-refractivity contribution in [1.29, 1.82) is 0 Å². The van der Waals surface area contributed by atoms with E-state index in [-0.39, 0.29) is 10.5 Å². The molecule has 2 nitrogen and oxygen atoms in total. The predicted octanol–water partition coefficient (Wildman–Crippen LogP) is 3.51. The number of carbonyl (C=O) groups is 1. The fourth-order valence-electron chi connectivity index (χ4n) is 1.70. The number of hydrogen-bond acceptors (Lipinski definition) is 3. The molecule has 0 N–H and O–H groups in total. The third kappa shape index (κ3) is 1.65. The summed E-state index contributed by atoms with van der Waals surface area (Å²) in [5.41, 5.74) is 0.668. The molecule has 1 saturated heterocycles. The fraction of sp³-hybridized carbons (Fsp3) is 0.500. The average molecular weight is 275 g/mol. The molecule has 0 bridgehead atoms. The highest BCUT2D eigenvalue weighted by molar-refractivity contribution is 9.10. The second-order valence-electron chi connectivity index (χ2n) is 3.62. The summed E-state index contributed by atoms with van der Waals surface area (Å²) in [7, 11) is 0. The summed E-state index contributed by atoms with van der Waals surface area (Å²) in [5.74, 6) is 1.26. The van der Waals surface area contributed by atoms with Gasteiger partial charge in [0.25, 0.3) is 0 Å². The van der Waals surface area contributed by atoms with Crippen LogP contribution in [0.2, 0.25) is 0 Å². The Labute approximate surface area is 95.6 Å². The molecule has 0 aromatic carbocycles. The molecule has 0 aliphatic carbocycles. The molecule has 1 aliphatic heterocycles. The van der Waals surface area contributed by atoms with Gasteiger partial charge >= 0.3 is 0 Å². The van der Waals surface area contributed by atoms with E-state index in [2.05, 4.69) is 15.9 Å². The minimum atomic E-state index is -0.244. The first-order chi connectivity index (χ1) is 6.63. The molecule has 76 valence electrons. The zero-order valence-electron chi connectivity index (χ0n) is 7.88. The zero-order chi connectivity index (χ0) is 10.2. The van der Waals surface area contributed by atoms with Gasteiger partial charge in [0.2, 0.25) is 0 Å². The number of halogens is 1. The van der Waals surface area contributed by atoms with Gasteiger partial charge in [0.1, 0.15) is 0 Å². The van der Waals surface area contributed by atoms with E-state index in [1.165, 1.54) is 0 Å². The lowest BCUT2D eigenvalue weighted by Crippen LogP contribution is -2.28. The van der Waals surface area contributed by atoms with Crippen LogP contribution in [0.4, 0.5) is 0 Å². The summed E-state index contributed by atoms with van der Waals surface area (Å²) in [6.45, 7) is 2.02. The van der Waals surface area contributed by atoms with Crippen LogP contribution >= 0.6 is 27.7 Å². The quantitative estimate of drug-likeness (QED) is 0.774. The van der Waals surface area contributed by atoms with Crippen molar-refractivity contribution < 1.29 is 9.21 Å². The second kappa shape index (κ2) is 3.74. The van der Waals surface area contributed by atoms with Gasteiger partial charge in [0.05, 0.1) is 16.6 Å².